The summed E-state index contributed by atoms with van der Waals surface area (Å²) < 4.78 is 19.7. The summed E-state index contributed by atoms with van der Waals surface area (Å²) in [7, 11) is 0. The molecular formula is C14H11BrFNO2. The highest BCUT2D eigenvalue weighted by Crippen LogP contribution is 2.18. The SMILES string of the molecule is NC(=O)c1ccc(OCc2ccc(Br)cc2F)cc1. The van der Waals surface area contributed by atoms with Crippen LogP contribution >= 0.6 is 15.9 Å². The fraction of sp³-hybridized carbons (Fsp3) is 0.0714. The average molecular weight is 324 g/mol. The maximum atomic E-state index is 13.6. The first-order valence-corrected chi connectivity index (χ1v) is 6.32. The third-order valence-electron chi connectivity index (χ3n) is 2.55. The smallest absolute Gasteiger partial charge is 0.248 e. The molecule has 5 heteroatoms. The van der Waals surface area contributed by atoms with Gasteiger partial charge in [-0.1, -0.05) is 22.0 Å². The molecule has 98 valence electrons. The van der Waals surface area contributed by atoms with Gasteiger partial charge in [0.2, 0.25) is 5.91 Å². The predicted octanol–water partition coefficient (Wildman–Crippen LogP) is 3.27. The molecule has 0 bridgehead atoms. The van der Waals surface area contributed by atoms with Crippen molar-refractivity contribution in [1.82, 2.24) is 0 Å². The van der Waals surface area contributed by atoms with Gasteiger partial charge in [-0.05, 0) is 36.4 Å². The lowest BCUT2D eigenvalue weighted by Crippen LogP contribution is -2.10. The molecule has 3 nitrogen and oxygen atoms in total. The van der Waals surface area contributed by atoms with Gasteiger partial charge in [0.05, 0.1) is 0 Å². The van der Waals surface area contributed by atoms with Crippen molar-refractivity contribution in [2.24, 2.45) is 5.73 Å². The summed E-state index contributed by atoms with van der Waals surface area (Å²) in [6.45, 7) is 0.120. The first kappa shape index (κ1) is 13.5. The highest BCUT2D eigenvalue weighted by Gasteiger charge is 2.04. The molecule has 2 rings (SSSR count). The summed E-state index contributed by atoms with van der Waals surface area (Å²) in [5, 5.41) is 0. The van der Waals surface area contributed by atoms with Crippen molar-refractivity contribution in [3.63, 3.8) is 0 Å². The van der Waals surface area contributed by atoms with E-state index in [9.17, 15) is 9.18 Å². The summed E-state index contributed by atoms with van der Waals surface area (Å²) in [6.07, 6.45) is 0. The number of nitrogens with two attached hydrogens (primary N) is 1. The van der Waals surface area contributed by atoms with Crippen LogP contribution in [0.4, 0.5) is 4.39 Å². The normalized spacial score (nSPS) is 10.2. The van der Waals surface area contributed by atoms with Crippen molar-refractivity contribution in [2.75, 3.05) is 0 Å². The predicted molar refractivity (Wildman–Crippen MR) is 73.4 cm³/mol. The molecule has 0 heterocycles. The molecular weight excluding hydrogens is 313 g/mol. The molecule has 0 aliphatic carbocycles. The van der Waals surface area contributed by atoms with Crippen molar-refractivity contribution < 1.29 is 13.9 Å². The Morgan fingerprint density at radius 3 is 2.47 bits per heavy atom. The first-order valence-electron chi connectivity index (χ1n) is 5.53. The highest BCUT2D eigenvalue weighted by molar-refractivity contribution is 9.10. The van der Waals surface area contributed by atoms with Crippen LogP contribution < -0.4 is 10.5 Å². The van der Waals surface area contributed by atoms with Crippen LogP contribution in [0.2, 0.25) is 0 Å². The molecule has 2 aromatic rings. The maximum absolute atomic E-state index is 13.6. The number of ether oxygens (including phenoxy) is 1. The molecule has 0 fully saturated rings. The van der Waals surface area contributed by atoms with Gasteiger partial charge in [-0.25, -0.2) is 4.39 Å². The number of hydrogen-bond acceptors (Lipinski definition) is 2. The van der Waals surface area contributed by atoms with E-state index in [-0.39, 0.29) is 12.4 Å². The van der Waals surface area contributed by atoms with Crippen molar-refractivity contribution in [3.05, 3.63) is 63.9 Å². The first-order chi connectivity index (χ1) is 9.06. The number of carbonyl (C=O) groups is 1. The molecule has 19 heavy (non-hydrogen) atoms. The number of halogens is 2. The number of hydrogen-bond donors (Lipinski definition) is 1. The van der Waals surface area contributed by atoms with E-state index in [0.29, 0.717) is 21.3 Å². The molecule has 0 unspecified atom stereocenters. The van der Waals surface area contributed by atoms with Crippen LogP contribution in [0.15, 0.2) is 46.9 Å². The minimum absolute atomic E-state index is 0.120. The lowest BCUT2D eigenvalue weighted by molar-refractivity contribution is 0.100. The summed E-state index contributed by atoms with van der Waals surface area (Å²) in [4.78, 5) is 10.9. The molecule has 1 amide bonds. The van der Waals surface area contributed by atoms with Gasteiger partial charge < -0.3 is 10.5 Å². The zero-order valence-electron chi connectivity index (χ0n) is 9.90. The summed E-state index contributed by atoms with van der Waals surface area (Å²) in [5.41, 5.74) is 5.99. The van der Waals surface area contributed by atoms with E-state index in [1.807, 2.05) is 0 Å². The van der Waals surface area contributed by atoms with Crippen LogP contribution in [-0.2, 0) is 6.61 Å². The zero-order valence-corrected chi connectivity index (χ0v) is 11.5. The second-order valence-corrected chi connectivity index (χ2v) is 4.83. The van der Waals surface area contributed by atoms with E-state index >= 15 is 0 Å². The molecule has 0 spiro atoms. The van der Waals surface area contributed by atoms with Gasteiger partial charge in [0, 0.05) is 15.6 Å². The topological polar surface area (TPSA) is 52.3 Å². The fourth-order valence-electron chi connectivity index (χ4n) is 1.52. The Kier molecular flexibility index (Phi) is 4.16. The monoisotopic (exact) mass is 323 g/mol. The summed E-state index contributed by atoms with van der Waals surface area (Å²) in [5.74, 6) is -0.277. The largest absolute Gasteiger partial charge is 0.489 e. The van der Waals surface area contributed by atoms with Crippen molar-refractivity contribution in [1.29, 1.82) is 0 Å². The van der Waals surface area contributed by atoms with E-state index in [1.54, 1.807) is 36.4 Å². The molecule has 2 N–H and O–H groups in total. The number of benzene rings is 2. The third-order valence-corrected chi connectivity index (χ3v) is 3.04. The highest BCUT2D eigenvalue weighted by atomic mass is 79.9. The van der Waals surface area contributed by atoms with Gasteiger partial charge in [-0.2, -0.15) is 0 Å². The van der Waals surface area contributed by atoms with Crippen LogP contribution in [0.3, 0.4) is 0 Å². The molecule has 0 radical (unpaired) electrons. The summed E-state index contributed by atoms with van der Waals surface area (Å²) in [6, 6.07) is 11.2. The molecule has 2 aromatic carbocycles. The molecule has 0 saturated carbocycles. The van der Waals surface area contributed by atoms with Crippen molar-refractivity contribution in [3.8, 4) is 5.75 Å². The average Bonchev–Trinajstić information content (AvgIpc) is 2.38. The molecule has 0 aliphatic rings. The minimum atomic E-state index is -0.495. The Bertz CT molecular complexity index is 599. The van der Waals surface area contributed by atoms with Crippen LogP contribution in [0.25, 0.3) is 0 Å². The van der Waals surface area contributed by atoms with E-state index in [4.69, 9.17) is 10.5 Å². The van der Waals surface area contributed by atoms with Crippen LogP contribution in [0.5, 0.6) is 5.75 Å². The van der Waals surface area contributed by atoms with Gasteiger partial charge in [0.25, 0.3) is 0 Å². The maximum Gasteiger partial charge on any atom is 0.248 e. The van der Waals surface area contributed by atoms with Gasteiger partial charge in [-0.15, -0.1) is 0 Å². The van der Waals surface area contributed by atoms with E-state index in [2.05, 4.69) is 15.9 Å². The number of amides is 1. The van der Waals surface area contributed by atoms with Crippen molar-refractivity contribution in [2.45, 2.75) is 6.61 Å². The Hall–Kier alpha value is -1.88. The van der Waals surface area contributed by atoms with E-state index in [0.717, 1.165) is 0 Å². The quantitative estimate of drug-likeness (QED) is 0.938. The van der Waals surface area contributed by atoms with Crippen LogP contribution in [0.1, 0.15) is 15.9 Å². The molecule has 0 aliphatic heterocycles. The third kappa shape index (κ3) is 3.54. The summed E-state index contributed by atoms with van der Waals surface area (Å²) >= 11 is 3.19. The molecule has 0 saturated heterocycles. The zero-order chi connectivity index (χ0) is 13.8. The Balaban J connectivity index is 2.04. The Labute approximate surface area is 118 Å². The standard InChI is InChI=1S/C14H11BrFNO2/c15-11-4-1-10(13(16)7-11)8-19-12-5-2-9(3-6-12)14(17)18/h1-7H,8H2,(H2,17,18). The lowest BCUT2D eigenvalue weighted by atomic mass is 10.2. The van der Waals surface area contributed by atoms with Crippen molar-refractivity contribution >= 4 is 21.8 Å². The van der Waals surface area contributed by atoms with Gasteiger partial charge >= 0.3 is 0 Å². The minimum Gasteiger partial charge on any atom is -0.489 e. The van der Waals surface area contributed by atoms with Crippen LogP contribution in [-0.4, -0.2) is 5.91 Å². The number of rotatable bonds is 4. The van der Waals surface area contributed by atoms with Gasteiger partial charge in [-0.3, -0.25) is 4.79 Å². The van der Waals surface area contributed by atoms with Gasteiger partial charge in [0.15, 0.2) is 0 Å². The lowest BCUT2D eigenvalue weighted by Gasteiger charge is -2.07. The second kappa shape index (κ2) is 5.84. The van der Waals surface area contributed by atoms with Gasteiger partial charge in [0.1, 0.15) is 18.2 Å². The van der Waals surface area contributed by atoms with Crippen LogP contribution in [0, 0.1) is 5.82 Å². The van der Waals surface area contributed by atoms with E-state index in [1.165, 1.54) is 6.07 Å². The Morgan fingerprint density at radius 2 is 1.89 bits per heavy atom. The number of primary amides is 1. The number of carbonyl (C=O) groups excluding carboxylic acids is 1. The molecule has 0 aromatic heterocycles. The molecule has 0 atom stereocenters. The van der Waals surface area contributed by atoms with E-state index < -0.39 is 5.91 Å². The second-order valence-electron chi connectivity index (χ2n) is 3.91. The Morgan fingerprint density at radius 1 is 1.21 bits per heavy atom. The fourth-order valence-corrected chi connectivity index (χ4v) is 1.85.